The molecule has 0 amide bonds. The van der Waals surface area contributed by atoms with Crippen molar-refractivity contribution in [3.63, 3.8) is 0 Å². The minimum atomic E-state index is -0.0119. The molecule has 0 aliphatic rings. The molecule has 0 saturated carbocycles. The van der Waals surface area contributed by atoms with E-state index in [0.29, 0.717) is 16.2 Å². The molecule has 0 fully saturated rings. The second-order valence-electron chi connectivity index (χ2n) is 4.46. The first-order chi connectivity index (χ1) is 8.49. The second-order valence-corrected chi connectivity index (χ2v) is 5.54. The zero-order valence-electron chi connectivity index (χ0n) is 10.6. The molecular weight excluding hydrogens is 343 g/mol. The van der Waals surface area contributed by atoms with Crippen molar-refractivity contribution >= 4 is 22.6 Å². The highest BCUT2D eigenvalue weighted by Gasteiger charge is 2.08. The number of halogens is 1. The number of aryl methyl sites for hydroxylation is 1. The minimum absolute atomic E-state index is 0.0119. The van der Waals surface area contributed by atoms with Crippen molar-refractivity contribution in [2.75, 3.05) is 0 Å². The summed E-state index contributed by atoms with van der Waals surface area (Å²) >= 11 is 2.03. The number of hydrogen-bond donors (Lipinski definition) is 0. The summed E-state index contributed by atoms with van der Waals surface area (Å²) in [6.07, 6.45) is 3.51. The number of nitrogens with zero attached hydrogens (tertiary/aromatic N) is 4. The Morgan fingerprint density at radius 1 is 1.44 bits per heavy atom. The maximum Gasteiger partial charge on any atom is 0.267 e. The van der Waals surface area contributed by atoms with E-state index in [2.05, 4.69) is 23.9 Å². The van der Waals surface area contributed by atoms with Crippen molar-refractivity contribution in [2.24, 2.45) is 0 Å². The van der Waals surface area contributed by atoms with Gasteiger partial charge in [0.2, 0.25) is 0 Å². The lowest BCUT2D eigenvalue weighted by Gasteiger charge is -2.06. The first-order valence-corrected chi connectivity index (χ1v) is 6.82. The number of aromatic nitrogens is 4. The summed E-state index contributed by atoms with van der Waals surface area (Å²) in [4.78, 5) is 16.2. The van der Waals surface area contributed by atoms with Crippen LogP contribution >= 0.6 is 22.6 Å². The van der Waals surface area contributed by atoms with Gasteiger partial charge in [-0.3, -0.25) is 14.0 Å². The Morgan fingerprint density at radius 3 is 2.78 bits per heavy atom. The van der Waals surface area contributed by atoms with Crippen LogP contribution in [0, 0.1) is 10.5 Å². The van der Waals surface area contributed by atoms with E-state index >= 15 is 0 Å². The average Bonchev–Trinajstić information content (AvgIpc) is 2.79. The third kappa shape index (κ3) is 2.63. The maximum absolute atomic E-state index is 12.0. The Balaban J connectivity index is 2.29. The summed E-state index contributed by atoms with van der Waals surface area (Å²) in [5, 5.41) is 4.42. The van der Waals surface area contributed by atoms with Crippen molar-refractivity contribution in [3.8, 4) is 0 Å². The van der Waals surface area contributed by atoms with Gasteiger partial charge in [0.25, 0.3) is 5.56 Å². The van der Waals surface area contributed by atoms with E-state index in [0.717, 1.165) is 11.4 Å². The van der Waals surface area contributed by atoms with Crippen LogP contribution in [0.5, 0.6) is 0 Å². The highest BCUT2D eigenvalue weighted by molar-refractivity contribution is 14.1. The first kappa shape index (κ1) is 13.3. The molecule has 0 bridgehead atoms. The van der Waals surface area contributed by atoms with Gasteiger partial charge in [0.15, 0.2) is 0 Å². The molecule has 0 aliphatic heterocycles. The van der Waals surface area contributed by atoms with E-state index in [1.165, 1.54) is 0 Å². The predicted molar refractivity (Wildman–Crippen MR) is 77.7 cm³/mol. The maximum atomic E-state index is 12.0. The molecule has 0 N–H and O–H groups in total. The Kier molecular flexibility index (Phi) is 3.84. The summed E-state index contributed by atoms with van der Waals surface area (Å²) in [6, 6.07) is 2.26. The Morgan fingerprint density at radius 2 is 2.17 bits per heavy atom. The van der Waals surface area contributed by atoms with Gasteiger partial charge in [-0.2, -0.15) is 5.10 Å². The zero-order chi connectivity index (χ0) is 13.3. The number of rotatable bonds is 3. The van der Waals surface area contributed by atoms with E-state index in [1.54, 1.807) is 10.9 Å². The molecule has 0 atom stereocenters. The highest BCUT2D eigenvalue weighted by atomic mass is 127. The molecule has 5 nitrogen and oxygen atoms in total. The van der Waals surface area contributed by atoms with Gasteiger partial charge in [-0.15, -0.1) is 0 Å². The smallest absolute Gasteiger partial charge is 0.267 e. The van der Waals surface area contributed by atoms with Gasteiger partial charge < -0.3 is 0 Å². The fraction of sp³-hybridized carbons (Fsp3) is 0.417. The largest absolute Gasteiger partial charge is 0.292 e. The highest BCUT2D eigenvalue weighted by Crippen LogP contribution is 2.06. The molecule has 2 rings (SSSR count). The molecule has 0 radical (unpaired) electrons. The molecule has 0 saturated heterocycles. The third-order valence-corrected chi connectivity index (χ3v) is 3.92. The van der Waals surface area contributed by atoms with Gasteiger partial charge in [-0.05, 0) is 49.4 Å². The van der Waals surface area contributed by atoms with Crippen molar-refractivity contribution in [1.29, 1.82) is 0 Å². The molecule has 18 heavy (non-hydrogen) atoms. The summed E-state index contributed by atoms with van der Waals surface area (Å²) in [5.41, 5.74) is 1.62. The monoisotopic (exact) mass is 358 g/mol. The zero-order valence-corrected chi connectivity index (χ0v) is 12.7. The van der Waals surface area contributed by atoms with Crippen molar-refractivity contribution < 1.29 is 0 Å². The fourth-order valence-electron chi connectivity index (χ4n) is 1.58. The molecule has 96 valence electrons. The summed E-state index contributed by atoms with van der Waals surface area (Å²) < 4.78 is 4.13. The molecule has 0 aliphatic carbocycles. The topological polar surface area (TPSA) is 52.7 Å². The SMILES string of the molecule is Cc1ncn(Cc2ccn(C(C)C)n2)c(=O)c1I. The molecule has 0 spiro atoms. The van der Waals surface area contributed by atoms with Crippen LogP contribution in [-0.4, -0.2) is 19.3 Å². The normalized spacial score (nSPS) is 11.2. The minimum Gasteiger partial charge on any atom is -0.292 e. The molecule has 2 aromatic heterocycles. The predicted octanol–water partition coefficient (Wildman–Crippen LogP) is 1.98. The van der Waals surface area contributed by atoms with E-state index in [1.807, 2.05) is 46.5 Å². The van der Waals surface area contributed by atoms with Crippen molar-refractivity contribution in [3.05, 3.63) is 43.9 Å². The molecule has 6 heteroatoms. The van der Waals surface area contributed by atoms with Crippen LogP contribution in [0.1, 0.15) is 31.3 Å². The van der Waals surface area contributed by atoms with Gasteiger partial charge in [0.1, 0.15) is 0 Å². The Bertz CT molecular complexity index is 615. The van der Waals surface area contributed by atoms with Crippen molar-refractivity contribution in [2.45, 2.75) is 33.4 Å². The second kappa shape index (κ2) is 5.21. The van der Waals surface area contributed by atoms with Crippen LogP contribution in [-0.2, 0) is 6.54 Å². The summed E-state index contributed by atoms with van der Waals surface area (Å²) in [6.45, 7) is 6.43. The van der Waals surface area contributed by atoms with Gasteiger partial charge in [-0.1, -0.05) is 0 Å². The Labute approximate surface area is 119 Å². The van der Waals surface area contributed by atoms with Crippen LogP contribution in [0.4, 0.5) is 0 Å². The molecule has 2 aromatic rings. The average molecular weight is 358 g/mol. The van der Waals surface area contributed by atoms with Crippen LogP contribution in [0.25, 0.3) is 0 Å². The molecule has 0 aromatic carbocycles. The van der Waals surface area contributed by atoms with Crippen LogP contribution < -0.4 is 5.56 Å². The van der Waals surface area contributed by atoms with Gasteiger partial charge in [0, 0.05) is 12.2 Å². The first-order valence-electron chi connectivity index (χ1n) is 5.74. The number of hydrogen-bond acceptors (Lipinski definition) is 3. The lowest BCUT2D eigenvalue weighted by molar-refractivity contribution is 0.522. The fourth-order valence-corrected chi connectivity index (χ4v) is 2.03. The quantitative estimate of drug-likeness (QED) is 0.789. The molecule has 2 heterocycles. The molecular formula is C12H15IN4O. The van der Waals surface area contributed by atoms with E-state index in [4.69, 9.17) is 0 Å². The van der Waals surface area contributed by atoms with E-state index in [-0.39, 0.29) is 5.56 Å². The summed E-state index contributed by atoms with van der Waals surface area (Å²) in [7, 11) is 0. The Hall–Kier alpha value is -1.18. The van der Waals surface area contributed by atoms with Crippen LogP contribution in [0.2, 0.25) is 0 Å². The summed E-state index contributed by atoms with van der Waals surface area (Å²) in [5.74, 6) is 0. The lowest BCUT2D eigenvalue weighted by Crippen LogP contribution is -2.24. The van der Waals surface area contributed by atoms with E-state index < -0.39 is 0 Å². The van der Waals surface area contributed by atoms with Gasteiger partial charge >= 0.3 is 0 Å². The van der Waals surface area contributed by atoms with Gasteiger partial charge in [-0.25, -0.2) is 4.98 Å². The van der Waals surface area contributed by atoms with Gasteiger partial charge in [0.05, 0.1) is 27.8 Å². The third-order valence-electron chi connectivity index (χ3n) is 2.68. The lowest BCUT2D eigenvalue weighted by atomic mass is 10.4. The van der Waals surface area contributed by atoms with Crippen LogP contribution in [0.15, 0.2) is 23.4 Å². The standard InChI is InChI=1S/C12H15IN4O/c1-8(2)17-5-4-10(15-17)6-16-7-14-9(3)11(13)12(16)18/h4-5,7-8H,6H2,1-3H3. The van der Waals surface area contributed by atoms with Crippen molar-refractivity contribution in [1.82, 2.24) is 19.3 Å². The van der Waals surface area contributed by atoms with E-state index in [9.17, 15) is 4.79 Å². The van der Waals surface area contributed by atoms with Crippen LogP contribution in [0.3, 0.4) is 0 Å². The molecule has 0 unspecified atom stereocenters.